The van der Waals surface area contributed by atoms with E-state index in [4.69, 9.17) is 14.2 Å². The van der Waals surface area contributed by atoms with E-state index < -0.39 is 60.5 Å². The largest absolute Gasteiger partial charge is 0.448 e. The van der Waals surface area contributed by atoms with Crippen LogP contribution in [-0.4, -0.2) is 81.3 Å². The molecule has 2 aliphatic rings. The maximum absolute atomic E-state index is 14.2. The van der Waals surface area contributed by atoms with Gasteiger partial charge >= 0.3 is 18.4 Å². The molecule has 0 spiro atoms. The van der Waals surface area contributed by atoms with E-state index >= 15 is 0 Å². The standard InChI is InChI=1S/C36H41F6N5O6/c1-22(6-15-29-16-44-27(18-51-29)19-52-34(49)45-20-36(40,41)42)30(17-43-21-37)46-33(48)32(47-35(50)53-28-4-2-3-5-28)31(23-7-11-25(38)12-8-23)24-9-13-26(39)14-10-24/h7-14,17,21,27-29,31-32,44H,1-6,15-16,18-20H2,(H,45,49)(H,46,48)(H,47,50)/b30-17+,43-21-/t27-,29+,32-/m0/s1. The summed E-state index contributed by atoms with van der Waals surface area (Å²) in [7, 11) is 0. The zero-order valence-electron chi connectivity index (χ0n) is 28.6. The summed E-state index contributed by atoms with van der Waals surface area (Å²) in [5.41, 5.74) is 1.15. The summed E-state index contributed by atoms with van der Waals surface area (Å²) in [5.74, 6) is -2.84. The van der Waals surface area contributed by atoms with Gasteiger partial charge in [-0.05, 0) is 79.5 Å². The second-order valence-corrected chi connectivity index (χ2v) is 12.6. The monoisotopic (exact) mass is 753 g/mol. The first-order valence-electron chi connectivity index (χ1n) is 16.9. The molecule has 1 aliphatic carbocycles. The first kappa shape index (κ1) is 40.9. The number of nitrogens with zero attached hydrogens (tertiary/aromatic N) is 1. The molecule has 4 rings (SSSR count). The van der Waals surface area contributed by atoms with Gasteiger partial charge in [-0.25, -0.2) is 23.4 Å². The predicted molar refractivity (Wildman–Crippen MR) is 181 cm³/mol. The van der Waals surface area contributed by atoms with Gasteiger partial charge in [0.25, 0.3) is 0 Å². The molecule has 1 heterocycles. The van der Waals surface area contributed by atoms with Crippen LogP contribution in [0.2, 0.25) is 0 Å². The molecule has 2 fully saturated rings. The van der Waals surface area contributed by atoms with Gasteiger partial charge in [0.2, 0.25) is 5.91 Å². The third-order valence-electron chi connectivity index (χ3n) is 8.61. The first-order chi connectivity index (χ1) is 25.3. The molecule has 2 aromatic carbocycles. The fraction of sp³-hybridized carbons (Fsp3) is 0.444. The summed E-state index contributed by atoms with van der Waals surface area (Å²) in [6.45, 7) is 2.63. The van der Waals surface area contributed by atoms with Gasteiger partial charge in [-0.15, -0.1) is 0 Å². The van der Waals surface area contributed by atoms with E-state index in [1.54, 1.807) is 5.32 Å². The molecule has 17 heteroatoms. The Kier molecular flexibility index (Phi) is 15.3. The van der Waals surface area contributed by atoms with Crippen molar-refractivity contribution in [1.82, 2.24) is 21.3 Å². The summed E-state index contributed by atoms with van der Waals surface area (Å²) < 4.78 is 94.1. The summed E-state index contributed by atoms with van der Waals surface area (Å²) in [4.78, 5) is 42.4. The number of amides is 3. The van der Waals surface area contributed by atoms with Crippen molar-refractivity contribution in [3.8, 4) is 0 Å². The molecule has 0 bridgehead atoms. The molecule has 1 saturated carbocycles. The summed E-state index contributed by atoms with van der Waals surface area (Å²) in [6.07, 6.45) is -2.71. The molecule has 2 aromatic rings. The van der Waals surface area contributed by atoms with Crippen LogP contribution in [0, 0.1) is 11.6 Å². The van der Waals surface area contributed by atoms with Crippen LogP contribution >= 0.6 is 0 Å². The van der Waals surface area contributed by atoms with Gasteiger partial charge in [0.15, 0.2) is 6.47 Å². The zero-order chi connectivity index (χ0) is 38.4. The molecule has 3 atom stereocenters. The summed E-state index contributed by atoms with van der Waals surface area (Å²) in [5, 5.41) is 10.0. The number of hydrogen-bond acceptors (Lipinski definition) is 8. The summed E-state index contributed by atoms with van der Waals surface area (Å²) in [6, 6.07) is 8.62. The van der Waals surface area contributed by atoms with Gasteiger partial charge in [-0.1, -0.05) is 30.8 Å². The second-order valence-electron chi connectivity index (χ2n) is 12.6. The highest BCUT2D eigenvalue weighted by Crippen LogP contribution is 2.30. The average molecular weight is 754 g/mol. The normalized spacial score (nSPS) is 18.8. The molecule has 53 heavy (non-hydrogen) atoms. The van der Waals surface area contributed by atoms with Crippen LogP contribution in [0.15, 0.2) is 77.6 Å². The van der Waals surface area contributed by atoms with E-state index in [0.29, 0.717) is 36.0 Å². The smallest absolute Gasteiger partial charge is 0.408 e. The van der Waals surface area contributed by atoms with E-state index in [0.717, 1.165) is 19.0 Å². The molecule has 288 valence electrons. The van der Waals surface area contributed by atoms with Crippen molar-refractivity contribution in [2.24, 2.45) is 4.99 Å². The quantitative estimate of drug-likeness (QED) is 0.0984. The van der Waals surface area contributed by atoms with Crippen molar-refractivity contribution in [2.45, 2.75) is 74.9 Å². The number of halogens is 6. The molecular formula is C36H41F6N5O6. The minimum absolute atomic E-state index is 0.00768. The maximum Gasteiger partial charge on any atom is 0.408 e. The van der Waals surface area contributed by atoms with Crippen molar-refractivity contribution >= 4 is 24.6 Å². The van der Waals surface area contributed by atoms with Crippen LogP contribution in [-0.2, 0) is 19.0 Å². The number of benzene rings is 2. The van der Waals surface area contributed by atoms with Crippen LogP contribution in [0.5, 0.6) is 0 Å². The van der Waals surface area contributed by atoms with Crippen LogP contribution in [0.4, 0.5) is 35.9 Å². The SMILES string of the molecule is C=C(CC[C@@H]1CN[C@H](COC(=O)NCC(F)(F)F)CO1)/C(=C\N=C/F)NC(=O)[C@@H](NC(=O)OC1CCCC1)C(c1ccc(F)cc1)c1ccc(F)cc1. The number of morpholine rings is 1. The molecule has 4 N–H and O–H groups in total. The van der Waals surface area contributed by atoms with Crippen LogP contribution in [0.25, 0.3) is 0 Å². The number of alkyl halides is 3. The third kappa shape index (κ3) is 13.5. The number of nitrogens with one attached hydrogen (secondary N) is 4. The number of carbonyl (C=O) groups is 3. The Labute approximate surface area is 302 Å². The van der Waals surface area contributed by atoms with Crippen LogP contribution < -0.4 is 21.3 Å². The second kappa shape index (κ2) is 19.8. The first-order valence-corrected chi connectivity index (χ1v) is 16.9. The van der Waals surface area contributed by atoms with Crippen molar-refractivity contribution in [2.75, 3.05) is 26.3 Å². The Morgan fingerprint density at radius 2 is 1.62 bits per heavy atom. The van der Waals surface area contributed by atoms with Gasteiger partial charge in [0.05, 0.1) is 30.6 Å². The van der Waals surface area contributed by atoms with Gasteiger partial charge in [-0.3, -0.25) is 4.79 Å². The molecule has 3 amide bonds. The third-order valence-corrected chi connectivity index (χ3v) is 8.61. The van der Waals surface area contributed by atoms with E-state index in [1.807, 2.05) is 0 Å². The number of allylic oxidation sites excluding steroid dienone is 1. The van der Waals surface area contributed by atoms with Crippen molar-refractivity contribution in [1.29, 1.82) is 0 Å². The fourth-order valence-electron chi connectivity index (χ4n) is 5.89. The number of aliphatic imine (C=N–C) groups is 1. The number of ether oxygens (including phenoxy) is 3. The Bertz CT molecular complexity index is 1550. The van der Waals surface area contributed by atoms with Crippen molar-refractivity contribution < 1.29 is 54.9 Å². The zero-order valence-corrected chi connectivity index (χ0v) is 28.6. The van der Waals surface area contributed by atoms with Gasteiger partial charge < -0.3 is 35.5 Å². The van der Waals surface area contributed by atoms with Gasteiger partial charge in [0, 0.05) is 12.5 Å². The Morgan fingerprint density at radius 3 is 2.17 bits per heavy atom. The highest BCUT2D eigenvalue weighted by atomic mass is 19.4. The van der Waals surface area contributed by atoms with Crippen LogP contribution in [0.1, 0.15) is 55.6 Å². The van der Waals surface area contributed by atoms with E-state index in [9.17, 15) is 40.7 Å². The van der Waals surface area contributed by atoms with Crippen molar-refractivity contribution in [3.63, 3.8) is 0 Å². The predicted octanol–water partition coefficient (Wildman–Crippen LogP) is 6.07. The molecule has 0 unspecified atom stereocenters. The Balaban J connectivity index is 1.45. The molecule has 11 nitrogen and oxygen atoms in total. The molecule has 1 saturated heterocycles. The molecule has 1 aliphatic heterocycles. The molecule has 0 radical (unpaired) electrons. The van der Waals surface area contributed by atoms with Crippen LogP contribution in [0.3, 0.4) is 0 Å². The Morgan fingerprint density at radius 1 is 1.00 bits per heavy atom. The highest BCUT2D eigenvalue weighted by molar-refractivity contribution is 5.89. The van der Waals surface area contributed by atoms with E-state index in [2.05, 4.69) is 27.5 Å². The lowest BCUT2D eigenvalue weighted by molar-refractivity contribution is -0.124. The highest BCUT2D eigenvalue weighted by Gasteiger charge is 2.35. The number of alkyl carbamates (subject to hydrolysis) is 2. The minimum atomic E-state index is -4.57. The molecular weight excluding hydrogens is 712 g/mol. The average Bonchev–Trinajstić information content (AvgIpc) is 3.64. The topological polar surface area (TPSA) is 139 Å². The van der Waals surface area contributed by atoms with E-state index in [-0.39, 0.29) is 50.6 Å². The fourth-order valence-corrected chi connectivity index (χ4v) is 5.89. The van der Waals surface area contributed by atoms with Gasteiger partial charge in [-0.2, -0.15) is 17.6 Å². The maximum atomic E-state index is 14.2. The summed E-state index contributed by atoms with van der Waals surface area (Å²) >= 11 is 0. The number of rotatable bonds is 15. The lowest BCUT2D eigenvalue weighted by Crippen LogP contribution is -2.51. The van der Waals surface area contributed by atoms with Crippen molar-refractivity contribution in [3.05, 3.63) is 95.3 Å². The number of hydrogen-bond donors (Lipinski definition) is 4. The Hall–Kier alpha value is -4.90. The van der Waals surface area contributed by atoms with Gasteiger partial charge in [0.1, 0.15) is 36.9 Å². The number of carbonyl (C=O) groups excluding carboxylic acids is 3. The lowest BCUT2D eigenvalue weighted by atomic mass is 9.84. The van der Waals surface area contributed by atoms with E-state index in [1.165, 1.54) is 48.5 Å². The minimum Gasteiger partial charge on any atom is -0.448 e. The lowest BCUT2D eigenvalue weighted by Gasteiger charge is -2.30. The molecule has 0 aromatic heterocycles.